The van der Waals surface area contributed by atoms with E-state index in [2.05, 4.69) is 29.3 Å². The summed E-state index contributed by atoms with van der Waals surface area (Å²) in [5.74, 6) is 0. The fourth-order valence-electron chi connectivity index (χ4n) is 2.73. The lowest BCUT2D eigenvalue weighted by Crippen LogP contribution is -2.39. The molecule has 0 atom stereocenters. The largest absolute Gasteiger partial charge is 0.317 e. The Balaban J connectivity index is 1.87. The highest BCUT2D eigenvalue weighted by Gasteiger charge is 2.23. The van der Waals surface area contributed by atoms with Crippen LogP contribution in [-0.2, 0) is 6.54 Å². The summed E-state index contributed by atoms with van der Waals surface area (Å²) in [6.45, 7) is 0.884. The van der Waals surface area contributed by atoms with Gasteiger partial charge in [0.15, 0.2) is 0 Å². The fraction of sp³-hybridized carbons (Fsp3) is 0.643. The summed E-state index contributed by atoms with van der Waals surface area (Å²) in [6, 6.07) is 7.22. The first-order chi connectivity index (χ1) is 8.69. The average Bonchev–Trinajstić information content (AvgIpc) is 2.39. The van der Waals surface area contributed by atoms with Crippen LogP contribution in [0.2, 0.25) is 5.15 Å². The lowest BCUT2D eigenvalue weighted by atomic mass is 9.90. The first kappa shape index (κ1) is 13.8. The first-order valence-electron chi connectivity index (χ1n) is 6.68. The Morgan fingerprint density at radius 1 is 1.33 bits per heavy atom. The zero-order valence-corrected chi connectivity index (χ0v) is 12.0. The quantitative estimate of drug-likeness (QED) is 0.851. The van der Waals surface area contributed by atoms with Crippen LogP contribution in [0.25, 0.3) is 0 Å². The van der Waals surface area contributed by atoms with E-state index in [9.17, 15) is 0 Å². The second-order valence-corrected chi connectivity index (χ2v) is 5.55. The molecule has 4 heteroatoms. The van der Waals surface area contributed by atoms with Crippen molar-refractivity contribution in [1.29, 1.82) is 0 Å². The van der Waals surface area contributed by atoms with Crippen molar-refractivity contribution < 1.29 is 0 Å². The molecule has 0 unspecified atom stereocenters. The Kier molecular flexibility index (Phi) is 4.98. The van der Waals surface area contributed by atoms with Crippen molar-refractivity contribution in [2.24, 2.45) is 0 Å². The van der Waals surface area contributed by atoms with Gasteiger partial charge in [-0.3, -0.25) is 4.90 Å². The van der Waals surface area contributed by atoms with Gasteiger partial charge in [-0.1, -0.05) is 17.7 Å². The molecule has 1 aliphatic rings. The summed E-state index contributed by atoms with van der Waals surface area (Å²) < 4.78 is 0. The van der Waals surface area contributed by atoms with Crippen molar-refractivity contribution >= 4 is 11.6 Å². The Morgan fingerprint density at radius 3 is 2.67 bits per heavy atom. The maximum atomic E-state index is 5.91. The van der Waals surface area contributed by atoms with Crippen LogP contribution in [0.15, 0.2) is 18.2 Å². The summed E-state index contributed by atoms with van der Waals surface area (Å²) in [4.78, 5) is 6.76. The molecule has 1 fully saturated rings. The van der Waals surface area contributed by atoms with Gasteiger partial charge in [0, 0.05) is 18.6 Å². The van der Waals surface area contributed by atoms with Crippen molar-refractivity contribution in [2.75, 3.05) is 14.1 Å². The molecule has 1 aliphatic carbocycles. The molecule has 0 aliphatic heterocycles. The number of nitrogens with one attached hydrogen (secondary N) is 1. The minimum atomic E-state index is 0.583. The summed E-state index contributed by atoms with van der Waals surface area (Å²) in [6.07, 6.45) is 5.08. The van der Waals surface area contributed by atoms with Gasteiger partial charge in [-0.05, 0) is 51.9 Å². The number of aromatic nitrogens is 1. The summed E-state index contributed by atoms with van der Waals surface area (Å²) in [5, 5.41) is 3.96. The lowest BCUT2D eigenvalue weighted by Gasteiger charge is -2.34. The van der Waals surface area contributed by atoms with Gasteiger partial charge in [0.1, 0.15) is 5.15 Å². The number of nitrogens with zero attached hydrogens (tertiary/aromatic N) is 2. The highest BCUT2D eigenvalue weighted by atomic mass is 35.5. The highest BCUT2D eigenvalue weighted by molar-refractivity contribution is 6.29. The van der Waals surface area contributed by atoms with Gasteiger partial charge in [0.2, 0.25) is 0 Å². The first-order valence-corrected chi connectivity index (χ1v) is 7.06. The van der Waals surface area contributed by atoms with Crippen LogP contribution in [-0.4, -0.2) is 36.1 Å². The van der Waals surface area contributed by atoms with Crippen LogP contribution < -0.4 is 5.32 Å². The molecule has 18 heavy (non-hydrogen) atoms. The van der Waals surface area contributed by atoms with E-state index >= 15 is 0 Å². The zero-order chi connectivity index (χ0) is 13.0. The van der Waals surface area contributed by atoms with Gasteiger partial charge in [-0.15, -0.1) is 0 Å². The van der Waals surface area contributed by atoms with E-state index in [4.69, 9.17) is 11.6 Å². The minimum Gasteiger partial charge on any atom is -0.317 e. The average molecular weight is 268 g/mol. The molecule has 100 valence electrons. The molecule has 0 amide bonds. The van der Waals surface area contributed by atoms with E-state index in [1.54, 1.807) is 0 Å². The van der Waals surface area contributed by atoms with Crippen LogP contribution in [0.5, 0.6) is 0 Å². The second-order valence-electron chi connectivity index (χ2n) is 5.16. The molecule has 2 rings (SSSR count). The molecule has 0 aromatic carbocycles. The lowest BCUT2D eigenvalue weighted by molar-refractivity contribution is 0.168. The summed E-state index contributed by atoms with van der Waals surface area (Å²) in [5.41, 5.74) is 1.06. The second kappa shape index (κ2) is 6.50. The monoisotopic (exact) mass is 267 g/mol. The van der Waals surface area contributed by atoms with Crippen molar-refractivity contribution in [2.45, 2.75) is 44.3 Å². The number of halogens is 1. The molecule has 0 radical (unpaired) electrons. The molecule has 1 saturated carbocycles. The predicted octanol–water partition coefficient (Wildman–Crippen LogP) is 2.70. The van der Waals surface area contributed by atoms with Gasteiger partial charge < -0.3 is 5.32 Å². The third kappa shape index (κ3) is 3.67. The maximum absolute atomic E-state index is 5.91. The van der Waals surface area contributed by atoms with Crippen molar-refractivity contribution in [3.63, 3.8) is 0 Å². The topological polar surface area (TPSA) is 28.2 Å². The Labute approximate surface area is 115 Å². The van der Waals surface area contributed by atoms with Crippen LogP contribution in [0.4, 0.5) is 0 Å². The molecule has 0 bridgehead atoms. The highest BCUT2D eigenvalue weighted by Crippen LogP contribution is 2.23. The van der Waals surface area contributed by atoms with E-state index in [0.29, 0.717) is 17.2 Å². The van der Waals surface area contributed by atoms with Gasteiger partial charge in [-0.25, -0.2) is 4.98 Å². The SMILES string of the molecule is CNC1CCC(N(C)Cc2cccc(Cl)n2)CC1. The molecule has 1 aromatic heterocycles. The standard InChI is InChI=1S/C14H22ClN3/c1-16-11-6-8-13(9-7-11)18(2)10-12-4-3-5-14(15)17-12/h3-5,11,13,16H,6-10H2,1-2H3. The van der Waals surface area contributed by atoms with Gasteiger partial charge >= 0.3 is 0 Å². The van der Waals surface area contributed by atoms with Crippen LogP contribution in [0.3, 0.4) is 0 Å². The zero-order valence-electron chi connectivity index (χ0n) is 11.2. The van der Waals surface area contributed by atoms with Gasteiger partial charge in [-0.2, -0.15) is 0 Å². The predicted molar refractivity (Wildman–Crippen MR) is 75.8 cm³/mol. The van der Waals surface area contributed by atoms with Gasteiger partial charge in [0.25, 0.3) is 0 Å². The minimum absolute atomic E-state index is 0.583. The molecule has 0 spiro atoms. The van der Waals surface area contributed by atoms with E-state index in [-0.39, 0.29) is 0 Å². The maximum Gasteiger partial charge on any atom is 0.129 e. The van der Waals surface area contributed by atoms with Crippen molar-refractivity contribution in [3.05, 3.63) is 29.0 Å². The van der Waals surface area contributed by atoms with E-state index in [1.165, 1.54) is 25.7 Å². The van der Waals surface area contributed by atoms with Crippen molar-refractivity contribution in [1.82, 2.24) is 15.2 Å². The van der Waals surface area contributed by atoms with Crippen LogP contribution in [0, 0.1) is 0 Å². The molecule has 0 saturated heterocycles. The number of hydrogen-bond donors (Lipinski definition) is 1. The summed E-state index contributed by atoms with van der Waals surface area (Å²) in [7, 11) is 4.25. The molecule has 1 aromatic rings. The smallest absolute Gasteiger partial charge is 0.129 e. The van der Waals surface area contributed by atoms with Gasteiger partial charge in [0.05, 0.1) is 5.69 Å². The van der Waals surface area contributed by atoms with Crippen LogP contribution >= 0.6 is 11.6 Å². The molecule has 1 heterocycles. The van der Waals surface area contributed by atoms with E-state index in [0.717, 1.165) is 12.2 Å². The number of hydrogen-bond acceptors (Lipinski definition) is 3. The van der Waals surface area contributed by atoms with E-state index < -0.39 is 0 Å². The van der Waals surface area contributed by atoms with Crippen molar-refractivity contribution in [3.8, 4) is 0 Å². The number of pyridine rings is 1. The third-order valence-electron chi connectivity index (χ3n) is 3.91. The molecule has 1 N–H and O–H groups in total. The Hall–Kier alpha value is -0.640. The molecule has 3 nitrogen and oxygen atoms in total. The molecular formula is C14H22ClN3. The fourth-order valence-corrected chi connectivity index (χ4v) is 2.91. The van der Waals surface area contributed by atoms with E-state index in [1.807, 2.05) is 18.2 Å². The Bertz CT molecular complexity index is 375. The normalized spacial score (nSPS) is 24.4. The third-order valence-corrected chi connectivity index (χ3v) is 4.12. The Morgan fingerprint density at radius 2 is 2.06 bits per heavy atom. The van der Waals surface area contributed by atoms with Crippen LogP contribution in [0.1, 0.15) is 31.4 Å². The molecular weight excluding hydrogens is 246 g/mol. The summed E-state index contributed by atoms with van der Waals surface area (Å²) >= 11 is 5.91. The number of rotatable bonds is 4.